The molecule has 0 saturated heterocycles. The number of nitrogens with zero attached hydrogens (tertiary/aromatic N) is 1. The molecule has 0 unspecified atom stereocenters. The van der Waals surface area contributed by atoms with Crippen molar-refractivity contribution in [2.45, 2.75) is 6.92 Å². The highest BCUT2D eigenvalue weighted by Crippen LogP contribution is 2.23. The summed E-state index contributed by atoms with van der Waals surface area (Å²) in [6.45, 7) is 1.87. The summed E-state index contributed by atoms with van der Waals surface area (Å²) >= 11 is 11.7. The molecular formula is C14H12Cl2N2O2. The fraction of sp³-hybridized carbons (Fsp3) is 0.143. The molecule has 0 aliphatic heterocycles. The maximum Gasteiger partial charge on any atom is 0.275 e. The van der Waals surface area contributed by atoms with Crippen LogP contribution in [0, 0.1) is 6.92 Å². The fourth-order valence-corrected chi connectivity index (χ4v) is 2.00. The van der Waals surface area contributed by atoms with Gasteiger partial charge in [-0.25, -0.2) is 4.98 Å². The van der Waals surface area contributed by atoms with E-state index in [0.29, 0.717) is 5.69 Å². The zero-order chi connectivity index (χ0) is 14.7. The molecule has 0 aliphatic rings. The molecule has 2 rings (SSSR count). The van der Waals surface area contributed by atoms with E-state index in [2.05, 4.69) is 10.3 Å². The van der Waals surface area contributed by atoms with E-state index < -0.39 is 5.91 Å². The quantitative estimate of drug-likeness (QED) is 0.873. The van der Waals surface area contributed by atoms with Crippen LogP contribution in [0.1, 0.15) is 16.1 Å². The Bertz CT molecular complexity index is 660. The lowest BCUT2D eigenvalue weighted by atomic mass is 10.2. The maximum absolute atomic E-state index is 12.1. The molecule has 20 heavy (non-hydrogen) atoms. The average Bonchev–Trinajstić information content (AvgIpc) is 2.43. The second-order valence-corrected chi connectivity index (χ2v) is 4.89. The lowest BCUT2D eigenvalue weighted by Gasteiger charge is -2.10. The number of pyridine rings is 1. The third-order valence-corrected chi connectivity index (χ3v) is 3.22. The Morgan fingerprint density at radius 3 is 2.65 bits per heavy atom. The van der Waals surface area contributed by atoms with E-state index in [-0.39, 0.29) is 15.9 Å². The smallest absolute Gasteiger partial charge is 0.275 e. The van der Waals surface area contributed by atoms with Crippen LogP contribution in [-0.4, -0.2) is 18.0 Å². The predicted octanol–water partition coefficient (Wildman–Crippen LogP) is 3.96. The second kappa shape index (κ2) is 6.11. The molecule has 6 heteroatoms. The van der Waals surface area contributed by atoms with Crippen LogP contribution in [0.4, 0.5) is 5.69 Å². The summed E-state index contributed by atoms with van der Waals surface area (Å²) in [5.74, 6) is 0.310. The first kappa shape index (κ1) is 14.6. The van der Waals surface area contributed by atoms with Gasteiger partial charge in [0.05, 0.1) is 12.1 Å². The first-order valence-electron chi connectivity index (χ1n) is 5.79. The lowest BCUT2D eigenvalue weighted by molar-refractivity contribution is 0.102. The minimum absolute atomic E-state index is 0.0920. The van der Waals surface area contributed by atoms with Gasteiger partial charge >= 0.3 is 0 Å². The number of rotatable bonds is 3. The summed E-state index contributed by atoms with van der Waals surface area (Å²) in [7, 11) is 1.59. The lowest BCUT2D eigenvalue weighted by Crippen LogP contribution is -2.15. The number of nitrogens with one attached hydrogen (secondary N) is 1. The van der Waals surface area contributed by atoms with E-state index in [1.165, 1.54) is 12.1 Å². The molecule has 0 aliphatic carbocycles. The van der Waals surface area contributed by atoms with Crippen molar-refractivity contribution < 1.29 is 9.53 Å². The van der Waals surface area contributed by atoms with E-state index in [0.717, 1.165) is 11.3 Å². The van der Waals surface area contributed by atoms with Crippen molar-refractivity contribution in [1.29, 1.82) is 0 Å². The zero-order valence-corrected chi connectivity index (χ0v) is 12.4. The molecule has 1 heterocycles. The van der Waals surface area contributed by atoms with Gasteiger partial charge in [-0.15, -0.1) is 0 Å². The van der Waals surface area contributed by atoms with Crippen molar-refractivity contribution in [2.24, 2.45) is 0 Å². The van der Waals surface area contributed by atoms with E-state index >= 15 is 0 Å². The van der Waals surface area contributed by atoms with Crippen molar-refractivity contribution in [3.8, 4) is 5.75 Å². The van der Waals surface area contributed by atoms with Gasteiger partial charge in [0.15, 0.2) is 0 Å². The molecule has 0 saturated carbocycles. The summed E-state index contributed by atoms with van der Waals surface area (Å²) < 4.78 is 5.11. The minimum Gasteiger partial charge on any atom is -0.497 e. The van der Waals surface area contributed by atoms with Crippen molar-refractivity contribution in [3.63, 3.8) is 0 Å². The third-order valence-electron chi connectivity index (χ3n) is 2.71. The number of ether oxygens (including phenoxy) is 1. The normalized spacial score (nSPS) is 10.2. The topological polar surface area (TPSA) is 51.2 Å². The zero-order valence-electron chi connectivity index (χ0n) is 10.9. The number of methoxy groups -OCH3 is 1. The molecule has 1 aromatic carbocycles. The molecule has 2 aromatic rings. The number of halogens is 2. The van der Waals surface area contributed by atoms with Gasteiger partial charge in [-0.1, -0.05) is 23.2 Å². The number of anilines is 1. The summed E-state index contributed by atoms with van der Waals surface area (Å²) in [6.07, 6.45) is 0. The van der Waals surface area contributed by atoms with Crippen molar-refractivity contribution in [1.82, 2.24) is 4.98 Å². The van der Waals surface area contributed by atoms with Crippen LogP contribution in [0.3, 0.4) is 0 Å². The Morgan fingerprint density at radius 2 is 2.00 bits per heavy atom. The number of carbonyl (C=O) groups excluding carboxylic acids is 1. The van der Waals surface area contributed by atoms with Gasteiger partial charge in [0.25, 0.3) is 5.91 Å². The van der Waals surface area contributed by atoms with Crippen LogP contribution in [0.25, 0.3) is 0 Å². The molecule has 1 aromatic heterocycles. The Kier molecular flexibility index (Phi) is 4.47. The number of benzene rings is 1. The number of aromatic nitrogens is 1. The van der Waals surface area contributed by atoms with Gasteiger partial charge in [-0.2, -0.15) is 0 Å². The first-order chi connectivity index (χ1) is 9.51. The van der Waals surface area contributed by atoms with Gasteiger partial charge in [0.2, 0.25) is 0 Å². The summed E-state index contributed by atoms with van der Waals surface area (Å²) in [4.78, 5) is 16.1. The summed E-state index contributed by atoms with van der Waals surface area (Å²) in [5, 5.41) is 3.21. The van der Waals surface area contributed by atoms with Crippen LogP contribution in [-0.2, 0) is 0 Å². The number of hydrogen-bond donors (Lipinski definition) is 1. The highest BCUT2D eigenvalue weighted by molar-refractivity contribution is 6.35. The Hall–Kier alpha value is -1.78. The predicted molar refractivity (Wildman–Crippen MR) is 79.9 cm³/mol. The molecule has 0 bridgehead atoms. The molecule has 4 nitrogen and oxygen atoms in total. The minimum atomic E-state index is -0.411. The van der Waals surface area contributed by atoms with Gasteiger partial charge in [-0.3, -0.25) is 4.79 Å². The summed E-state index contributed by atoms with van der Waals surface area (Å²) in [5.41, 5.74) is 1.62. The number of hydrogen-bond acceptors (Lipinski definition) is 3. The van der Waals surface area contributed by atoms with Crippen LogP contribution in [0.2, 0.25) is 10.2 Å². The Balaban J connectivity index is 2.25. The van der Waals surface area contributed by atoms with Gasteiger partial charge in [-0.05, 0) is 42.8 Å². The number of aryl methyl sites for hydroxylation is 1. The molecule has 0 radical (unpaired) electrons. The molecule has 1 N–H and O–H groups in total. The monoisotopic (exact) mass is 310 g/mol. The van der Waals surface area contributed by atoms with E-state index in [9.17, 15) is 4.79 Å². The molecule has 0 fully saturated rings. The third kappa shape index (κ3) is 3.21. The highest BCUT2D eigenvalue weighted by atomic mass is 35.5. The summed E-state index contributed by atoms with van der Waals surface area (Å²) in [6, 6.07) is 8.40. The van der Waals surface area contributed by atoms with Crippen LogP contribution < -0.4 is 10.1 Å². The Labute approximate surface area is 126 Å². The molecule has 0 spiro atoms. The van der Waals surface area contributed by atoms with Gasteiger partial charge in [0.1, 0.15) is 16.6 Å². The van der Waals surface area contributed by atoms with Crippen LogP contribution in [0.5, 0.6) is 5.75 Å². The SMILES string of the molecule is COc1ccc(NC(=O)c2nc(Cl)ccc2Cl)c(C)c1. The highest BCUT2D eigenvalue weighted by Gasteiger charge is 2.14. The standard InChI is InChI=1S/C14H12Cl2N2O2/c1-8-7-9(20-2)3-5-11(8)17-14(19)13-10(15)4-6-12(16)18-13/h3-7H,1-2H3,(H,17,19). The van der Waals surface area contributed by atoms with Crippen molar-refractivity contribution >= 4 is 34.8 Å². The van der Waals surface area contributed by atoms with Gasteiger partial charge < -0.3 is 10.1 Å². The fourth-order valence-electron chi connectivity index (χ4n) is 1.66. The van der Waals surface area contributed by atoms with E-state index in [4.69, 9.17) is 27.9 Å². The van der Waals surface area contributed by atoms with Crippen LogP contribution >= 0.6 is 23.2 Å². The second-order valence-electron chi connectivity index (χ2n) is 4.10. The molecule has 0 atom stereocenters. The number of amides is 1. The molecule has 104 valence electrons. The Morgan fingerprint density at radius 1 is 1.25 bits per heavy atom. The van der Waals surface area contributed by atoms with Crippen LogP contribution in [0.15, 0.2) is 30.3 Å². The van der Waals surface area contributed by atoms with Crippen molar-refractivity contribution in [2.75, 3.05) is 12.4 Å². The largest absolute Gasteiger partial charge is 0.497 e. The molecule has 1 amide bonds. The van der Waals surface area contributed by atoms with Gasteiger partial charge in [0, 0.05) is 5.69 Å². The molecular weight excluding hydrogens is 299 g/mol. The van der Waals surface area contributed by atoms with Crippen molar-refractivity contribution in [3.05, 3.63) is 51.8 Å². The first-order valence-corrected chi connectivity index (χ1v) is 6.55. The number of carbonyl (C=O) groups is 1. The van der Waals surface area contributed by atoms with E-state index in [1.54, 1.807) is 19.2 Å². The average molecular weight is 311 g/mol. The van der Waals surface area contributed by atoms with E-state index in [1.807, 2.05) is 13.0 Å². The maximum atomic E-state index is 12.1.